The summed E-state index contributed by atoms with van der Waals surface area (Å²) in [5.41, 5.74) is 0.339. The molecule has 0 aliphatic carbocycles. The fraction of sp³-hybridized carbons (Fsp3) is 0.417. The normalized spacial score (nSPS) is 21.0. The lowest BCUT2D eigenvalue weighted by molar-refractivity contribution is -0.116. The highest BCUT2D eigenvalue weighted by Gasteiger charge is 2.26. The predicted octanol–water partition coefficient (Wildman–Crippen LogP) is 1.41. The minimum absolute atomic E-state index is 0.0232. The first-order chi connectivity index (χ1) is 9.77. The average molecular weight is 353 g/mol. The number of aromatic hydroxyl groups is 1. The van der Waals surface area contributed by atoms with Gasteiger partial charge in [-0.25, -0.2) is 8.42 Å². The SMILES string of the molecule is O=C(CC1CS(=O)(=O)CCN1)Nc1cc(Cl)c(O)c(Cl)c1. The Morgan fingerprint density at radius 1 is 1.38 bits per heavy atom. The fourth-order valence-corrected chi connectivity index (χ4v) is 4.00. The van der Waals surface area contributed by atoms with Gasteiger partial charge in [0.1, 0.15) is 0 Å². The van der Waals surface area contributed by atoms with Crippen molar-refractivity contribution < 1.29 is 18.3 Å². The third-order valence-corrected chi connectivity index (χ3v) is 5.35. The number of hydrogen-bond donors (Lipinski definition) is 3. The molecule has 2 rings (SSSR count). The van der Waals surface area contributed by atoms with Crippen LogP contribution >= 0.6 is 23.2 Å². The molecule has 1 heterocycles. The van der Waals surface area contributed by atoms with Crippen LogP contribution in [-0.4, -0.2) is 43.5 Å². The molecule has 1 aliphatic rings. The van der Waals surface area contributed by atoms with E-state index in [4.69, 9.17) is 23.2 Å². The molecule has 0 radical (unpaired) electrons. The number of benzene rings is 1. The van der Waals surface area contributed by atoms with Gasteiger partial charge < -0.3 is 15.7 Å². The molecule has 1 atom stereocenters. The number of halogens is 2. The number of anilines is 1. The zero-order chi connectivity index (χ0) is 15.6. The second kappa shape index (κ2) is 6.39. The molecule has 3 N–H and O–H groups in total. The lowest BCUT2D eigenvalue weighted by atomic mass is 10.2. The average Bonchev–Trinajstić information content (AvgIpc) is 2.34. The van der Waals surface area contributed by atoms with Crippen LogP contribution in [0, 0.1) is 0 Å². The highest BCUT2D eigenvalue weighted by molar-refractivity contribution is 7.91. The standard InChI is InChI=1S/C12H14Cl2N2O4S/c13-9-3-7(4-10(14)12(9)18)16-11(17)5-8-6-21(19,20)2-1-15-8/h3-4,8,15,18H,1-2,5-6H2,(H,16,17). The zero-order valence-corrected chi connectivity index (χ0v) is 13.2. The molecule has 0 aromatic heterocycles. The molecule has 21 heavy (non-hydrogen) atoms. The lowest BCUT2D eigenvalue weighted by Crippen LogP contribution is -2.46. The maximum atomic E-state index is 11.9. The number of carbonyl (C=O) groups excluding carboxylic acids is 1. The number of sulfone groups is 1. The Labute approximate surface area is 132 Å². The summed E-state index contributed by atoms with van der Waals surface area (Å²) in [6, 6.07) is 2.32. The number of carbonyl (C=O) groups is 1. The number of amides is 1. The van der Waals surface area contributed by atoms with Gasteiger partial charge in [-0.1, -0.05) is 23.2 Å². The van der Waals surface area contributed by atoms with Gasteiger partial charge in [-0.2, -0.15) is 0 Å². The van der Waals surface area contributed by atoms with Crippen LogP contribution in [-0.2, 0) is 14.6 Å². The Kier molecular flexibility index (Phi) is 4.98. The van der Waals surface area contributed by atoms with Crippen molar-refractivity contribution in [1.82, 2.24) is 5.32 Å². The predicted molar refractivity (Wildman–Crippen MR) is 81.8 cm³/mol. The highest BCUT2D eigenvalue weighted by Crippen LogP contribution is 2.34. The molecular formula is C12H14Cl2N2O4S. The molecule has 1 fully saturated rings. The summed E-state index contributed by atoms with van der Waals surface area (Å²) in [4.78, 5) is 11.9. The zero-order valence-electron chi connectivity index (χ0n) is 10.9. The van der Waals surface area contributed by atoms with Crippen LogP contribution in [0.2, 0.25) is 10.0 Å². The van der Waals surface area contributed by atoms with Crippen molar-refractivity contribution in [2.75, 3.05) is 23.4 Å². The lowest BCUT2D eigenvalue weighted by Gasteiger charge is -2.23. The van der Waals surface area contributed by atoms with E-state index in [0.29, 0.717) is 12.2 Å². The summed E-state index contributed by atoms with van der Waals surface area (Å²) in [5, 5.41) is 15.0. The van der Waals surface area contributed by atoms with Gasteiger partial charge in [-0.3, -0.25) is 4.79 Å². The van der Waals surface area contributed by atoms with E-state index >= 15 is 0 Å². The summed E-state index contributed by atoms with van der Waals surface area (Å²) in [7, 11) is -3.09. The molecule has 9 heteroatoms. The first kappa shape index (κ1) is 16.4. The van der Waals surface area contributed by atoms with Crippen molar-refractivity contribution >= 4 is 44.6 Å². The van der Waals surface area contributed by atoms with E-state index in [0.717, 1.165) is 0 Å². The Balaban J connectivity index is 1.99. The van der Waals surface area contributed by atoms with Gasteiger partial charge in [0.25, 0.3) is 0 Å². The molecule has 0 spiro atoms. The summed E-state index contributed by atoms with van der Waals surface area (Å²) in [5.74, 6) is -0.579. The molecule has 1 aromatic carbocycles. The fourth-order valence-electron chi connectivity index (χ4n) is 2.07. The van der Waals surface area contributed by atoms with Crippen molar-refractivity contribution in [2.24, 2.45) is 0 Å². The second-order valence-corrected chi connectivity index (χ2v) is 7.85. The minimum Gasteiger partial charge on any atom is -0.505 e. The van der Waals surface area contributed by atoms with Gasteiger partial charge >= 0.3 is 0 Å². The smallest absolute Gasteiger partial charge is 0.225 e. The Morgan fingerprint density at radius 3 is 2.57 bits per heavy atom. The highest BCUT2D eigenvalue weighted by atomic mass is 35.5. The number of hydrogen-bond acceptors (Lipinski definition) is 5. The van der Waals surface area contributed by atoms with Crippen LogP contribution in [0.3, 0.4) is 0 Å². The summed E-state index contributed by atoms with van der Waals surface area (Å²) >= 11 is 11.5. The van der Waals surface area contributed by atoms with Crippen LogP contribution in [0.1, 0.15) is 6.42 Å². The molecular weight excluding hydrogens is 339 g/mol. The molecule has 1 aromatic rings. The van der Waals surface area contributed by atoms with Gasteiger partial charge in [0.05, 0.1) is 21.6 Å². The van der Waals surface area contributed by atoms with Crippen molar-refractivity contribution in [3.05, 3.63) is 22.2 Å². The van der Waals surface area contributed by atoms with E-state index in [1.807, 2.05) is 0 Å². The molecule has 116 valence electrons. The largest absolute Gasteiger partial charge is 0.505 e. The van der Waals surface area contributed by atoms with Gasteiger partial charge in [0.2, 0.25) is 5.91 Å². The Morgan fingerprint density at radius 2 is 2.00 bits per heavy atom. The van der Waals surface area contributed by atoms with Crippen LogP contribution in [0.15, 0.2) is 12.1 Å². The van der Waals surface area contributed by atoms with Gasteiger partial charge in [0.15, 0.2) is 15.6 Å². The van der Waals surface area contributed by atoms with E-state index in [2.05, 4.69) is 10.6 Å². The van der Waals surface area contributed by atoms with Crippen LogP contribution in [0.25, 0.3) is 0 Å². The molecule has 1 aliphatic heterocycles. The monoisotopic (exact) mass is 352 g/mol. The quantitative estimate of drug-likeness (QED) is 0.715. The Bertz CT molecular complexity index is 640. The van der Waals surface area contributed by atoms with Crippen molar-refractivity contribution in [3.63, 3.8) is 0 Å². The van der Waals surface area contributed by atoms with Crippen molar-refractivity contribution in [2.45, 2.75) is 12.5 Å². The third-order valence-electron chi connectivity index (χ3n) is 3.03. The Hall–Kier alpha value is -1.02. The van der Waals surface area contributed by atoms with Crippen molar-refractivity contribution in [1.29, 1.82) is 0 Å². The minimum atomic E-state index is -3.09. The first-order valence-electron chi connectivity index (χ1n) is 6.18. The molecule has 1 amide bonds. The van der Waals surface area contributed by atoms with E-state index in [1.165, 1.54) is 12.1 Å². The van der Waals surface area contributed by atoms with E-state index < -0.39 is 15.9 Å². The molecule has 0 saturated carbocycles. The molecule has 0 bridgehead atoms. The van der Waals surface area contributed by atoms with Gasteiger partial charge in [0, 0.05) is 24.7 Å². The van der Waals surface area contributed by atoms with Crippen LogP contribution < -0.4 is 10.6 Å². The summed E-state index contributed by atoms with van der Waals surface area (Å²) in [6.45, 7) is 0.344. The number of phenols is 1. The van der Waals surface area contributed by atoms with Crippen molar-refractivity contribution in [3.8, 4) is 5.75 Å². The topological polar surface area (TPSA) is 95.5 Å². The number of rotatable bonds is 3. The molecule has 6 nitrogen and oxygen atoms in total. The van der Waals surface area contributed by atoms with Gasteiger partial charge in [-0.15, -0.1) is 0 Å². The van der Waals surface area contributed by atoms with E-state index in [1.54, 1.807) is 0 Å². The van der Waals surface area contributed by atoms with E-state index in [9.17, 15) is 18.3 Å². The summed E-state index contributed by atoms with van der Waals surface area (Å²) < 4.78 is 23.0. The maximum Gasteiger partial charge on any atom is 0.225 e. The van der Waals surface area contributed by atoms with Gasteiger partial charge in [-0.05, 0) is 12.1 Å². The first-order valence-corrected chi connectivity index (χ1v) is 8.76. The maximum absolute atomic E-state index is 11.9. The van der Waals surface area contributed by atoms with Crippen LogP contribution in [0.5, 0.6) is 5.75 Å². The molecule has 1 unspecified atom stereocenters. The third kappa shape index (κ3) is 4.47. The number of phenolic OH excluding ortho intramolecular Hbond substituents is 1. The van der Waals surface area contributed by atoms with E-state index in [-0.39, 0.29) is 39.6 Å². The molecule has 1 saturated heterocycles. The second-order valence-electron chi connectivity index (χ2n) is 4.81. The summed E-state index contributed by atoms with van der Waals surface area (Å²) in [6.07, 6.45) is 0.0232. The number of nitrogens with one attached hydrogen (secondary N) is 2. The van der Waals surface area contributed by atoms with Crippen LogP contribution in [0.4, 0.5) is 5.69 Å².